The monoisotopic (exact) mass is 339 g/mol. The molecule has 0 radical (unpaired) electrons. The van der Waals surface area contributed by atoms with Crippen molar-refractivity contribution in [2.75, 3.05) is 5.32 Å². The highest BCUT2D eigenvalue weighted by molar-refractivity contribution is 8.01. The molecular weight excluding hydrogens is 322 g/mol. The van der Waals surface area contributed by atoms with Crippen molar-refractivity contribution in [2.24, 2.45) is 5.10 Å². The third-order valence-corrected chi connectivity index (χ3v) is 4.83. The number of hydrogen-bond donors (Lipinski definition) is 2. The normalized spacial score (nSPS) is 16.5. The molecule has 24 heavy (non-hydrogen) atoms. The highest BCUT2D eigenvalue weighted by Crippen LogP contribution is 2.36. The lowest BCUT2D eigenvalue weighted by Crippen LogP contribution is -2.33. The Balaban J connectivity index is 1.55. The van der Waals surface area contributed by atoms with Gasteiger partial charge in [0.15, 0.2) is 0 Å². The summed E-state index contributed by atoms with van der Waals surface area (Å²) in [6.07, 6.45) is 1.66. The molecule has 0 saturated carbocycles. The number of carbonyl (C=O) groups is 2. The molecule has 0 spiro atoms. The van der Waals surface area contributed by atoms with Crippen LogP contribution in [0.4, 0.5) is 5.69 Å². The number of nitrogens with zero attached hydrogens (tertiary/aromatic N) is 1. The van der Waals surface area contributed by atoms with Crippen LogP contribution >= 0.6 is 11.8 Å². The van der Waals surface area contributed by atoms with Crippen LogP contribution in [0.1, 0.15) is 17.5 Å². The zero-order valence-corrected chi connectivity index (χ0v) is 14.0. The molecule has 2 aromatic rings. The van der Waals surface area contributed by atoms with E-state index in [0.29, 0.717) is 0 Å². The molecule has 0 aliphatic carbocycles. The van der Waals surface area contributed by atoms with Crippen molar-refractivity contribution in [3.05, 3.63) is 59.7 Å². The van der Waals surface area contributed by atoms with Gasteiger partial charge in [0.2, 0.25) is 11.8 Å². The van der Waals surface area contributed by atoms with E-state index in [2.05, 4.69) is 15.8 Å². The first-order valence-electron chi connectivity index (χ1n) is 7.57. The Labute approximate surface area is 144 Å². The van der Waals surface area contributed by atoms with Gasteiger partial charge in [-0.3, -0.25) is 9.59 Å². The fraction of sp³-hybridized carbons (Fsp3) is 0.167. The van der Waals surface area contributed by atoms with Crippen molar-refractivity contribution in [3.8, 4) is 0 Å². The number of aryl methyl sites for hydroxylation is 1. The van der Waals surface area contributed by atoms with Crippen LogP contribution in [0.5, 0.6) is 0 Å². The molecular formula is C18H17N3O2S. The highest BCUT2D eigenvalue weighted by atomic mass is 32.2. The van der Waals surface area contributed by atoms with Crippen LogP contribution in [-0.4, -0.2) is 23.3 Å². The molecule has 0 unspecified atom stereocenters. The molecule has 1 aliphatic heterocycles. The predicted molar refractivity (Wildman–Crippen MR) is 96.2 cm³/mol. The molecule has 0 bridgehead atoms. The highest BCUT2D eigenvalue weighted by Gasteiger charge is 2.28. The molecule has 2 aromatic carbocycles. The Morgan fingerprint density at radius 2 is 2.00 bits per heavy atom. The standard InChI is InChI=1S/C18H17N3O2S/c1-12-6-8-13(9-7-12)11-19-21-17(22)10-16-18(23)20-14-4-2-3-5-15(14)24-16/h2-9,11,16H,10H2,1H3,(H,20,23)(H,21,22)/b19-11-/t16-/m0/s1. The first-order chi connectivity index (χ1) is 11.6. The Kier molecular flexibility index (Phi) is 4.96. The minimum atomic E-state index is -0.450. The summed E-state index contributed by atoms with van der Waals surface area (Å²) in [5.41, 5.74) is 5.33. The summed E-state index contributed by atoms with van der Waals surface area (Å²) in [7, 11) is 0. The van der Waals surface area contributed by atoms with Crippen LogP contribution < -0.4 is 10.7 Å². The predicted octanol–water partition coefficient (Wildman–Crippen LogP) is 2.95. The molecule has 1 heterocycles. The minimum absolute atomic E-state index is 0.0794. The van der Waals surface area contributed by atoms with Gasteiger partial charge < -0.3 is 5.32 Å². The van der Waals surface area contributed by atoms with E-state index in [4.69, 9.17) is 0 Å². The van der Waals surface area contributed by atoms with Crippen LogP contribution in [0.2, 0.25) is 0 Å². The van der Waals surface area contributed by atoms with E-state index in [1.807, 2.05) is 55.5 Å². The molecule has 2 N–H and O–H groups in total. The lowest BCUT2D eigenvalue weighted by atomic mass is 10.2. The number of thioether (sulfide) groups is 1. The summed E-state index contributed by atoms with van der Waals surface area (Å²) in [4.78, 5) is 25.0. The van der Waals surface area contributed by atoms with Gasteiger partial charge in [0.1, 0.15) is 0 Å². The van der Waals surface area contributed by atoms with E-state index in [0.717, 1.165) is 21.7 Å². The number of fused-ring (bicyclic) bond motifs is 1. The van der Waals surface area contributed by atoms with E-state index in [9.17, 15) is 9.59 Å². The van der Waals surface area contributed by atoms with Crippen molar-refractivity contribution in [2.45, 2.75) is 23.5 Å². The third-order valence-electron chi connectivity index (χ3n) is 3.56. The van der Waals surface area contributed by atoms with E-state index in [1.54, 1.807) is 6.21 Å². The number of hydrogen-bond acceptors (Lipinski definition) is 4. The zero-order chi connectivity index (χ0) is 16.9. The largest absolute Gasteiger partial charge is 0.324 e. The molecule has 5 nitrogen and oxygen atoms in total. The second kappa shape index (κ2) is 7.31. The minimum Gasteiger partial charge on any atom is -0.324 e. The molecule has 2 amide bonds. The Morgan fingerprint density at radius 3 is 2.79 bits per heavy atom. The summed E-state index contributed by atoms with van der Waals surface area (Å²) in [6.45, 7) is 2.01. The average molecular weight is 339 g/mol. The van der Waals surface area contributed by atoms with Crippen LogP contribution in [0.15, 0.2) is 58.5 Å². The number of carbonyl (C=O) groups excluding carboxylic acids is 2. The molecule has 3 rings (SSSR count). The number of rotatable bonds is 4. The van der Waals surface area contributed by atoms with Gasteiger partial charge in [0, 0.05) is 11.3 Å². The Hall–Kier alpha value is -2.60. The van der Waals surface area contributed by atoms with Gasteiger partial charge in [-0.25, -0.2) is 5.43 Å². The lowest BCUT2D eigenvalue weighted by molar-refractivity contribution is -0.124. The van der Waals surface area contributed by atoms with Gasteiger partial charge in [0.25, 0.3) is 0 Å². The summed E-state index contributed by atoms with van der Waals surface area (Å²) in [6, 6.07) is 15.4. The molecule has 122 valence electrons. The van der Waals surface area contributed by atoms with Crippen molar-refractivity contribution < 1.29 is 9.59 Å². The van der Waals surface area contributed by atoms with Gasteiger partial charge in [-0.1, -0.05) is 42.0 Å². The van der Waals surface area contributed by atoms with Crippen LogP contribution in [0.25, 0.3) is 0 Å². The number of para-hydroxylation sites is 1. The Bertz CT molecular complexity index is 787. The van der Waals surface area contributed by atoms with Gasteiger partial charge >= 0.3 is 0 Å². The number of amides is 2. The molecule has 0 saturated heterocycles. The molecule has 1 atom stereocenters. The van der Waals surface area contributed by atoms with Crippen LogP contribution in [-0.2, 0) is 9.59 Å². The van der Waals surface area contributed by atoms with Crippen LogP contribution in [0, 0.1) is 6.92 Å². The van der Waals surface area contributed by atoms with Crippen molar-refractivity contribution >= 4 is 35.5 Å². The van der Waals surface area contributed by atoms with Gasteiger partial charge in [-0.05, 0) is 24.6 Å². The number of benzene rings is 2. The summed E-state index contributed by atoms with van der Waals surface area (Å²) < 4.78 is 0. The number of nitrogens with one attached hydrogen (secondary N) is 2. The molecule has 0 aromatic heterocycles. The third kappa shape index (κ3) is 4.02. The van der Waals surface area contributed by atoms with Crippen LogP contribution in [0.3, 0.4) is 0 Å². The van der Waals surface area contributed by atoms with Gasteiger partial charge in [-0.2, -0.15) is 5.10 Å². The first kappa shape index (κ1) is 16.3. The number of anilines is 1. The Morgan fingerprint density at radius 1 is 1.25 bits per heavy atom. The maximum absolute atomic E-state index is 12.1. The zero-order valence-electron chi connectivity index (χ0n) is 13.2. The fourth-order valence-electron chi connectivity index (χ4n) is 2.27. The topological polar surface area (TPSA) is 70.6 Å². The summed E-state index contributed by atoms with van der Waals surface area (Å²) >= 11 is 1.40. The van der Waals surface area contributed by atoms with E-state index >= 15 is 0 Å². The maximum atomic E-state index is 12.1. The summed E-state index contributed by atoms with van der Waals surface area (Å²) in [5, 5.41) is 6.32. The van der Waals surface area contributed by atoms with Gasteiger partial charge in [-0.15, -0.1) is 11.8 Å². The molecule has 0 fully saturated rings. The van der Waals surface area contributed by atoms with E-state index < -0.39 is 5.25 Å². The number of hydrazone groups is 1. The average Bonchev–Trinajstić information content (AvgIpc) is 2.57. The second-order valence-corrected chi connectivity index (χ2v) is 6.74. The second-order valence-electron chi connectivity index (χ2n) is 5.50. The summed E-state index contributed by atoms with van der Waals surface area (Å²) in [5.74, 6) is -0.443. The SMILES string of the molecule is Cc1ccc(/C=N\NC(=O)C[C@@H]2Sc3ccccc3NC2=O)cc1. The van der Waals surface area contributed by atoms with E-state index in [1.165, 1.54) is 11.8 Å². The smallest absolute Gasteiger partial charge is 0.241 e. The maximum Gasteiger partial charge on any atom is 0.241 e. The van der Waals surface area contributed by atoms with E-state index in [-0.39, 0.29) is 18.2 Å². The molecule has 1 aliphatic rings. The quantitative estimate of drug-likeness (QED) is 0.664. The van der Waals surface area contributed by atoms with Crippen molar-refractivity contribution in [1.29, 1.82) is 0 Å². The first-order valence-corrected chi connectivity index (χ1v) is 8.45. The fourth-order valence-corrected chi connectivity index (χ4v) is 3.38. The molecule has 6 heteroatoms. The lowest BCUT2D eigenvalue weighted by Gasteiger charge is -2.23. The van der Waals surface area contributed by atoms with Gasteiger partial charge in [0.05, 0.1) is 17.2 Å². The van der Waals surface area contributed by atoms with Crippen molar-refractivity contribution in [1.82, 2.24) is 5.43 Å². The van der Waals surface area contributed by atoms with Crippen molar-refractivity contribution in [3.63, 3.8) is 0 Å².